The van der Waals surface area contributed by atoms with E-state index in [1.165, 1.54) is 19.1 Å². The minimum absolute atomic E-state index is 0.120. The van der Waals surface area contributed by atoms with Gasteiger partial charge in [-0.05, 0) is 13.0 Å². The molecule has 0 aliphatic heterocycles. The van der Waals surface area contributed by atoms with Crippen molar-refractivity contribution in [2.75, 3.05) is 0 Å². The summed E-state index contributed by atoms with van der Waals surface area (Å²) in [6, 6.07) is 0. The van der Waals surface area contributed by atoms with Gasteiger partial charge in [0.2, 0.25) is 0 Å². The van der Waals surface area contributed by atoms with Crippen LogP contribution in [0.1, 0.15) is 6.92 Å². The molecule has 1 N–H and O–H groups in total. The predicted octanol–water partition coefficient (Wildman–Crippen LogP) is 2.49. The summed E-state index contributed by atoms with van der Waals surface area (Å²) in [6.45, 7) is 4.58. The fourth-order valence-corrected chi connectivity index (χ4v) is 0.373. The summed E-state index contributed by atoms with van der Waals surface area (Å²) in [4.78, 5) is 0. The molecule has 0 saturated carbocycles. The Morgan fingerprint density at radius 3 is 2.56 bits per heavy atom. The summed E-state index contributed by atoms with van der Waals surface area (Å²) < 4.78 is 11.9. The zero-order valence-electron chi connectivity index (χ0n) is 5.26. The van der Waals surface area contributed by atoms with Crippen LogP contribution in [0.25, 0.3) is 0 Å². The number of rotatable bonds is 2. The lowest BCUT2D eigenvalue weighted by Gasteiger charge is -1.85. The molecule has 0 aromatic heterocycles. The molecule has 9 heavy (non-hydrogen) atoms. The van der Waals surface area contributed by atoms with Crippen LogP contribution in [-0.4, -0.2) is 5.11 Å². The quantitative estimate of drug-likeness (QED) is 0.447. The molecule has 0 spiro atoms. The highest BCUT2D eigenvalue weighted by Gasteiger charge is 1.84. The van der Waals surface area contributed by atoms with Crippen LogP contribution in [0.15, 0.2) is 36.4 Å². The first-order valence-electron chi connectivity index (χ1n) is 2.52. The topological polar surface area (TPSA) is 20.2 Å². The standard InChI is InChI=1S/C7H9FO/c1-3-4-7(9)5-6(2)8/h3-5,9H,1H2,2H3/b6-5+,7-4+. The monoisotopic (exact) mass is 128 g/mol. The van der Waals surface area contributed by atoms with Gasteiger partial charge in [0.05, 0.1) is 0 Å². The molecule has 0 radical (unpaired) electrons. The Bertz CT molecular complexity index is 152. The zero-order valence-corrected chi connectivity index (χ0v) is 5.26. The zero-order chi connectivity index (χ0) is 7.28. The lowest BCUT2D eigenvalue weighted by Crippen LogP contribution is -1.72. The van der Waals surface area contributed by atoms with Gasteiger partial charge < -0.3 is 5.11 Å². The van der Waals surface area contributed by atoms with Crippen molar-refractivity contribution in [1.29, 1.82) is 0 Å². The van der Waals surface area contributed by atoms with Crippen LogP contribution in [0.5, 0.6) is 0 Å². The molecule has 0 fully saturated rings. The van der Waals surface area contributed by atoms with Crippen LogP contribution >= 0.6 is 0 Å². The molecule has 0 amide bonds. The van der Waals surface area contributed by atoms with Crippen molar-refractivity contribution in [2.45, 2.75) is 6.92 Å². The van der Waals surface area contributed by atoms with E-state index in [2.05, 4.69) is 6.58 Å². The molecule has 0 unspecified atom stereocenters. The normalized spacial score (nSPS) is 13.6. The lowest BCUT2D eigenvalue weighted by atomic mass is 10.4. The van der Waals surface area contributed by atoms with Gasteiger partial charge in [-0.2, -0.15) is 0 Å². The average Bonchev–Trinajstić information content (AvgIpc) is 1.63. The van der Waals surface area contributed by atoms with E-state index in [4.69, 9.17) is 5.11 Å². The highest BCUT2D eigenvalue weighted by atomic mass is 19.1. The molecule has 0 aliphatic rings. The SMILES string of the molecule is C=C/C=C(O)\C=C(/C)F. The minimum atomic E-state index is -0.425. The molecule has 0 heterocycles. The van der Waals surface area contributed by atoms with E-state index in [-0.39, 0.29) is 5.76 Å². The molecule has 0 aliphatic carbocycles. The fourth-order valence-electron chi connectivity index (χ4n) is 0.373. The smallest absolute Gasteiger partial charge is 0.118 e. The van der Waals surface area contributed by atoms with Gasteiger partial charge in [-0.15, -0.1) is 0 Å². The molecule has 0 aromatic rings. The van der Waals surface area contributed by atoms with E-state index in [1.807, 2.05) is 0 Å². The van der Waals surface area contributed by atoms with Crippen molar-refractivity contribution in [3.05, 3.63) is 36.4 Å². The Morgan fingerprint density at radius 2 is 2.22 bits per heavy atom. The van der Waals surface area contributed by atoms with Crippen molar-refractivity contribution in [3.63, 3.8) is 0 Å². The van der Waals surface area contributed by atoms with Gasteiger partial charge >= 0.3 is 0 Å². The maximum absolute atomic E-state index is 11.9. The second-order valence-corrected chi connectivity index (χ2v) is 1.56. The van der Waals surface area contributed by atoms with E-state index in [0.717, 1.165) is 6.08 Å². The van der Waals surface area contributed by atoms with Gasteiger partial charge in [-0.1, -0.05) is 12.7 Å². The van der Waals surface area contributed by atoms with Crippen molar-refractivity contribution in [1.82, 2.24) is 0 Å². The van der Waals surface area contributed by atoms with Gasteiger partial charge in [0, 0.05) is 6.08 Å². The Hall–Kier alpha value is -1.05. The van der Waals surface area contributed by atoms with E-state index < -0.39 is 5.83 Å². The third-order valence-electron chi connectivity index (χ3n) is 0.635. The van der Waals surface area contributed by atoms with Gasteiger partial charge in [0.15, 0.2) is 0 Å². The van der Waals surface area contributed by atoms with Crippen LogP contribution < -0.4 is 0 Å². The highest BCUT2D eigenvalue weighted by Crippen LogP contribution is 1.98. The Labute approximate surface area is 53.8 Å². The summed E-state index contributed by atoms with van der Waals surface area (Å²) in [5.74, 6) is -0.546. The highest BCUT2D eigenvalue weighted by molar-refractivity contribution is 5.16. The third-order valence-corrected chi connectivity index (χ3v) is 0.635. The van der Waals surface area contributed by atoms with Crippen molar-refractivity contribution in [3.8, 4) is 0 Å². The molecule has 0 atom stereocenters. The molecule has 0 bridgehead atoms. The average molecular weight is 128 g/mol. The molecule has 50 valence electrons. The predicted molar refractivity (Wildman–Crippen MR) is 35.8 cm³/mol. The molecule has 0 aromatic carbocycles. The van der Waals surface area contributed by atoms with E-state index in [9.17, 15) is 4.39 Å². The van der Waals surface area contributed by atoms with Crippen LogP contribution in [0.3, 0.4) is 0 Å². The largest absolute Gasteiger partial charge is 0.508 e. The van der Waals surface area contributed by atoms with Crippen molar-refractivity contribution >= 4 is 0 Å². The van der Waals surface area contributed by atoms with E-state index >= 15 is 0 Å². The first-order chi connectivity index (χ1) is 4.16. The van der Waals surface area contributed by atoms with Gasteiger partial charge in [0.25, 0.3) is 0 Å². The number of aliphatic hydroxyl groups excluding tert-OH is 1. The summed E-state index contributed by atoms with van der Waals surface area (Å²) in [6.07, 6.45) is 3.71. The van der Waals surface area contributed by atoms with Gasteiger partial charge in [-0.3, -0.25) is 0 Å². The Balaban J connectivity index is 4.05. The third kappa shape index (κ3) is 4.81. The lowest BCUT2D eigenvalue weighted by molar-refractivity contribution is 0.428. The molecule has 0 rings (SSSR count). The molecule has 0 saturated heterocycles. The maximum atomic E-state index is 11.9. The van der Waals surface area contributed by atoms with Gasteiger partial charge in [-0.25, -0.2) is 4.39 Å². The van der Waals surface area contributed by atoms with Crippen LogP contribution in [0, 0.1) is 0 Å². The summed E-state index contributed by atoms with van der Waals surface area (Å²) >= 11 is 0. The first kappa shape index (κ1) is 7.95. The maximum Gasteiger partial charge on any atom is 0.118 e. The Morgan fingerprint density at radius 1 is 1.67 bits per heavy atom. The number of hydrogen-bond donors (Lipinski definition) is 1. The van der Waals surface area contributed by atoms with Crippen molar-refractivity contribution < 1.29 is 9.50 Å². The second kappa shape index (κ2) is 3.89. The van der Waals surface area contributed by atoms with Crippen LogP contribution in [0.4, 0.5) is 4.39 Å². The minimum Gasteiger partial charge on any atom is -0.508 e. The number of hydrogen-bond acceptors (Lipinski definition) is 1. The molecule has 1 nitrogen and oxygen atoms in total. The first-order valence-corrected chi connectivity index (χ1v) is 2.52. The van der Waals surface area contributed by atoms with Crippen LogP contribution in [-0.2, 0) is 0 Å². The Kier molecular flexibility index (Phi) is 3.44. The van der Waals surface area contributed by atoms with Crippen molar-refractivity contribution in [2.24, 2.45) is 0 Å². The second-order valence-electron chi connectivity index (χ2n) is 1.56. The molecular formula is C7H9FO. The molecular weight excluding hydrogens is 119 g/mol. The summed E-state index contributed by atoms with van der Waals surface area (Å²) in [5, 5.41) is 8.69. The van der Waals surface area contributed by atoms with E-state index in [0.29, 0.717) is 0 Å². The number of allylic oxidation sites excluding steroid dienone is 4. The van der Waals surface area contributed by atoms with Crippen LogP contribution in [0.2, 0.25) is 0 Å². The number of aliphatic hydroxyl groups is 1. The summed E-state index contributed by atoms with van der Waals surface area (Å²) in [7, 11) is 0. The summed E-state index contributed by atoms with van der Waals surface area (Å²) in [5.41, 5.74) is 0. The molecule has 2 heteroatoms. The number of halogens is 1. The van der Waals surface area contributed by atoms with E-state index in [1.54, 1.807) is 0 Å². The fraction of sp³-hybridized carbons (Fsp3) is 0.143. The van der Waals surface area contributed by atoms with Gasteiger partial charge in [0.1, 0.15) is 11.6 Å².